The zero-order chi connectivity index (χ0) is 14.8. The van der Waals surface area contributed by atoms with E-state index < -0.39 is 0 Å². The van der Waals surface area contributed by atoms with Gasteiger partial charge in [0.25, 0.3) is 5.91 Å². The Morgan fingerprint density at radius 3 is 3.05 bits per heavy atom. The molecule has 1 amide bonds. The summed E-state index contributed by atoms with van der Waals surface area (Å²) in [5.74, 6) is 0.789. The molecule has 1 aliphatic rings. The van der Waals surface area contributed by atoms with Crippen LogP contribution in [-0.2, 0) is 11.8 Å². The van der Waals surface area contributed by atoms with Crippen molar-refractivity contribution in [2.45, 2.75) is 19.1 Å². The minimum Gasteiger partial charge on any atom is -0.482 e. The topological polar surface area (TPSA) is 91.4 Å². The Hall–Kier alpha value is -2.35. The van der Waals surface area contributed by atoms with E-state index in [0.717, 1.165) is 0 Å². The minimum absolute atomic E-state index is 0.241. The fourth-order valence-corrected chi connectivity index (χ4v) is 2.13. The average molecular weight is 292 g/mol. The lowest BCUT2D eigenvalue weighted by Gasteiger charge is -2.19. The number of ether oxygens (including phenoxy) is 2. The largest absolute Gasteiger partial charge is 0.482 e. The van der Waals surface area contributed by atoms with Gasteiger partial charge in [-0.15, -0.1) is 0 Å². The van der Waals surface area contributed by atoms with Gasteiger partial charge in [0.15, 0.2) is 17.3 Å². The Balaban J connectivity index is 1.62. The Morgan fingerprint density at radius 2 is 2.38 bits per heavy atom. The van der Waals surface area contributed by atoms with Gasteiger partial charge in [-0.1, -0.05) is 0 Å². The quantitative estimate of drug-likeness (QED) is 0.871. The number of nitrogens with zero attached hydrogens (tertiary/aromatic N) is 3. The molecule has 0 aliphatic carbocycles. The van der Waals surface area contributed by atoms with E-state index >= 15 is 0 Å². The predicted molar refractivity (Wildman–Crippen MR) is 70.9 cm³/mol. The van der Waals surface area contributed by atoms with E-state index in [-0.39, 0.29) is 23.7 Å². The van der Waals surface area contributed by atoms with Gasteiger partial charge in [-0.05, 0) is 0 Å². The van der Waals surface area contributed by atoms with Gasteiger partial charge >= 0.3 is 0 Å². The summed E-state index contributed by atoms with van der Waals surface area (Å²) < 4.78 is 17.8. The standard InChI is InChI=1S/C13H16N4O4/c1-8-15-11(6-20-8)13(18)16-10-5-19-7-12(10)21-9-3-14-17(2)4-9/h3-4,6,10,12H,5,7H2,1-2H3,(H,16,18)/t10-,12+/m0/s1. The fraction of sp³-hybridized carbons (Fsp3) is 0.462. The van der Waals surface area contributed by atoms with Crippen LogP contribution in [0.25, 0.3) is 0 Å². The number of oxazole rings is 1. The lowest BCUT2D eigenvalue weighted by Crippen LogP contribution is -2.45. The molecule has 8 heteroatoms. The highest BCUT2D eigenvalue weighted by Crippen LogP contribution is 2.16. The molecule has 2 atom stereocenters. The molecule has 8 nitrogen and oxygen atoms in total. The first-order valence-corrected chi connectivity index (χ1v) is 6.58. The molecular weight excluding hydrogens is 276 g/mol. The fourth-order valence-electron chi connectivity index (χ4n) is 2.13. The van der Waals surface area contributed by atoms with Gasteiger partial charge in [-0.2, -0.15) is 5.10 Å². The van der Waals surface area contributed by atoms with E-state index in [4.69, 9.17) is 13.9 Å². The monoisotopic (exact) mass is 292 g/mol. The molecule has 3 rings (SSSR count). The average Bonchev–Trinajstić information content (AvgIpc) is 3.14. The second-order valence-electron chi connectivity index (χ2n) is 4.88. The van der Waals surface area contributed by atoms with Crippen LogP contribution in [0.5, 0.6) is 5.75 Å². The summed E-state index contributed by atoms with van der Waals surface area (Å²) in [6.07, 6.45) is 4.46. The zero-order valence-electron chi connectivity index (χ0n) is 11.8. The number of amides is 1. The summed E-state index contributed by atoms with van der Waals surface area (Å²) in [5.41, 5.74) is 0.250. The predicted octanol–water partition coefficient (Wildman–Crippen LogP) is 0.293. The Morgan fingerprint density at radius 1 is 1.52 bits per heavy atom. The van der Waals surface area contributed by atoms with Gasteiger partial charge in [-0.3, -0.25) is 9.48 Å². The molecule has 112 valence electrons. The van der Waals surface area contributed by atoms with Gasteiger partial charge in [0.2, 0.25) is 0 Å². The number of aryl methyl sites for hydroxylation is 2. The number of hydrogen-bond donors (Lipinski definition) is 1. The van der Waals surface area contributed by atoms with Gasteiger partial charge < -0.3 is 19.2 Å². The molecule has 0 bridgehead atoms. The highest BCUT2D eigenvalue weighted by atomic mass is 16.5. The van der Waals surface area contributed by atoms with Crippen LogP contribution in [0.3, 0.4) is 0 Å². The van der Waals surface area contributed by atoms with Crippen LogP contribution in [0.15, 0.2) is 23.1 Å². The number of aromatic nitrogens is 3. The number of nitrogens with one attached hydrogen (secondary N) is 1. The Bertz CT molecular complexity index is 636. The lowest BCUT2D eigenvalue weighted by atomic mass is 10.2. The molecule has 0 saturated carbocycles. The number of hydrogen-bond acceptors (Lipinski definition) is 6. The van der Waals surface area contributed by atoms with Crippen LogP contribution in [0, 0.1) is 6.92 Å². The van der Waals surface area contributed by atoms with Crippen molar-refractivity contribution in [1.82, 2.24) is 20.1 Å². The van der Waals surface area contributed by atoms with Gasteiger partial charge in [0.1, 0.15) is 12.4 Å². The van der Waals surface area contributed by atoms with Crippen molar-refractivity contribution in [3.63, 3.8) is 0 Å². The molecule has 1 saturated heterocycles. The van der Waals surface area contributed by atoms with E-state index in [1.165, 1.54) is 6.26 Å². The highest BCUT2D eigenvalue weighted by molar-refractivity contribution is 5.92. The normalized spacial score (nSPS) is 21.4. The Labute approximate surface area is 121 Å². The van der Waals surface area contributed by atoms with Crippen molar-refractivity contribution >= 4 is 5.91 Å². The summed E-state index contributed by atoms with van der Waals surface area (Å²) in [7, 11) is 1.81. The second-order valence-corrected chi connectivity index (χ2v) is 4.88. The molecule has 2 aromatic heterocycles. The third kappa shape index (κ3) is 3.05. The maximum atomic E-state index is 12.1. The van der Waals surface area contributed by atoms with Crippen molar-refractivity contribution < 1.29 is 18.7 Å². The van der Waals surface area contributed by atoms with Crippen molar-refractivity contribution in [3.05, 3.63) is 30.2 Å². The molecule has 2 aromatic rings. The van der Waals surface area contributed by atoms with Crippen molar-refractivity contribution in [1.29, 1.82) is 0 Å². The minimum atomic E-state index is -0.304. The maximum absolute atomic E-state index is 12.1. The van der Waals surface area contributed by atoms with Crippen LogP contribution < -0.4 is 10.1 Å². The van der Waals surface area contributed by atoms with Gasteiger partial charge in [0.05, 0.1) is 31.6 Å². The van der Waals surface area contributed by atoms with E-state index in [9.17, 15) is 4.79 Å². The third-order valence-corrected chi connectivity index (χ3v) is 3.17. The summed E-state index contributed by atoms with van der Waals surface area (Å²) in [5, 5.41) is 6.88. The zero-order valence-corrected chi connectivity index (χ0v) is 11.8. The SMILES string of the molecule is Cc1nc(C(=O)N[C@H]2COC[C@H]2Oc2cnn(C)c2)co1. The number of carbonyl (C=O) groups excluding carboxylic acids is 1. The van der Waals surface area contributed by atoms with Crippen LogP contribution in [0.2, 0.25) is 0 Å². The third-order valence-electron chi connectivity index (χ3n) is 3.17. The summed E-state index contributed by atoms with van der Waals surface area (Å²) >= 11 is 0. The van der Waals surface area contributed by atoms with Crippen LogP contribution in [0.4, 0.5) is 0 Å². The van der Waals surface area contributed by atoms with Gasteiger partial charge in [0, 0.05) is 14.0 Å². The molecule has 0 spiro atoms. The smallest absolute Gasteiger partial charge is 0.273 e. The van der Waals surface area contributed by atoms with Crippen molar-refractivity contribution in [2.24, 2.45) is 7.05 Å². The first-order chi connectivity index (χ1) is 10.1. The molecule has 21 heavy (non-hydrogen) atoms. The molecule has 1 N–H and O–H groups in total. The second kappa shape index (κ2) is 5.57. The Kier molecular flexibility index (Phi) is 3.61. The molecule has 0 radical (unpaired) electrons. The van der Waals surface area contributed by atoms with Crippen LogP contribution in [0.1, 0.15) is 16.4 Å². The molecule has 1 aliphatic heterocycles. The van der Waals surface area contributed by atoms with Crippen molar-refractivity contribution in [3.8, 4) is 5.75 Å². The summed E-state index contributed by atoms with van der Waals surface area (Å²) in [6, 6.07) is -0.241. The van der Waals surface area contributed by atoms with Crippen LogP contribution in [-0.4, -0.2) is 46.0 Å². The maximum Gasteiger partial charge on any atom is 0.273 e. The first kappa shape index (κ1) is 13.6. The van der Waals surface area contributed by atoms with E-state index in [0.29, 0.717) is 24.9 Å². The van der Waals surface area contributed by atoms with Crippen LogP contribution >= 0.6 is 0 Å². The summed E-state index contributed by atoms with van der Waals surface area (Å²) in [4.78, 5) is 16.0. The molecule has 3 heterocycles. The lowest BCUT2D eigenvalue weighted by molar-refractivity contribution is 0.0899. The van der Waals surface area contributed by atoms with Gasteiger partial charge in [-0.25, -0.2) is 4.98 Å². The number of carbonyl (C=O) groups is 1. The highest BCUT2D eigenvalue weighted by Gasteiger charge is 2.32. The number of rotatable bonds is 4. The molecule has 0 aromatic carbocycles. The summed E-state index contributed by atoms with van der Waals surface area (Å²) in [6.45, 7) is 2.50. The first-order valence-electron chi connectivity index (χ1n) is 6.58. The molecule has 0 unspecified atom stereocenters. The molecule has 1 fully saturated rings. The van der Waals surface area contributed by atoms with E-state index in [1.807, 2.05) is 7.05 Å². The van der Waals surface area contributed by atoms with Crippen molar-refractivity contribution in [2.75, 3.05) is 13.2 Å². The van der Waals surface area contributed by atoms with E-state index in [1.54, 1.807) is 24.0 Å². The molecular formula is C13H16N4O4. The van der Waals surface area contributed by atoms with E-state index in [2.05, 4.69) is 15.4 Å².